The minimum atomic E-state index is -0.226. The lowest BCUT2D eigenvalue weighted by atomic mass is 10.1. The summed E-state index contributed by atoms with van der Waals surface area (Å²) in [6.45, 7) is 3.94. The van der Waals surface area contributed by atoms with E-state index in [0.717, 1.165) is 22.5 Å². The van der Waals surface area contributed by atoms with Gasteiger partial charge >= 0.3 is 0 Å². The molecule has 0 bridgehead atoms. The predicted molar refractivity (Wildman–Crippen MR) is 104 cm³/mol. The Balaban J connectivity index is 1.89. The molecule has 138 valence electrons. The van der Waals surface area contributed by atoms with E-state index >= 15 is 0 Å². The van der Waals surface area contributed by atoms with Crippen LogP contribution in [0.1, 0.15) is 11.1 Å². The van der Waals surface area contributed by atoms with Crippen LogP contribution in [0.3, 0.4) is 0 Å². The number of benzene rings is 2. The fourth-order valence-corrected chi connectivity index (χ4v) is 2.59. The molecular formula is C20H25N3O3. The van der Waals surface area contributed by atoms with Crippen LogP contribution in [0.4, 0.5) is 11.4 Å². The Bertz CT molecular complexity index is 769. The van der Waals surface area contributed by atoms with Gasteiger partial charge in [-0.2, -0.15) is 0 Å². The van der Waals surface area contributed by atoms with Crippen molar-refractivity contribution in [2.45, 2.75) is 13.8 Å². The third-order valence-electron chi connectivity index (χ3n) is 4.09. The van der Waals surface area contributed by atoms with Crippen LogP contribution >= 0.6 is 0 Å². The molecule has 2 aromatic rings. The van der Waals surface area contributed by atoms with E-state index in [2.05, 4.69) is 10.6 Å². The highest BCUT2D eigenvalue weighted by Gasteiger charge is 2.15. The quantitative estimate of drug-likeness (QED) is 0.801. The SMILES string of the molecule is COc1ccccc1NCC(=O)N(C)CC(=O)Nc1c(C)cccc1C. The van der Waals surface area contributed by atoms with Crippen molar-refractivity contribution in [3.05, 3.63) is 53.6 Å². The maximum atomic E-state index is 12.3. The lowest BCUT2D eigenvalue weighted by Crippen LogP contribution is -2.38. The Morgan fingerprint density at radius 2 is 1.69 bits per heavy atom. The number of para-hydroxylation sites is 3. The zero-order valence-corrected chi connectivity index (χ0v) is 15.6. The smallest absolute Gasteiger partial charge is 0.243 e. The zero-order chi connectivity index (χ0) is 19.1. The van der Waals surface area contributed by atoms with Crippen molar-refractivity contribution in [2.24, 2.45) is 0 Å². The van der Waals surface area contributed by atoms with E-state index in [1.165, 1.54) is 4.90 Å². The molecule has 0 aromatic heterocycles. The molecule has 0 aliphatic rings. The van der Waals surface area contributed by atoms with E-state index in [9.17, 15) is 9.59 Å². The van der Waals surface area contributed by atoms with Crippen LogP contribution in [0.5, 0.6) is 5.75 Å². The Hall–Kier alpha value is -3.02. The third kappa shape index (κ3) is 4.99. The highest BCUT2D eigenvalue weighted by Crippen LogP contribution is 2.22. The molecule has 0 saturated heterocycles. The van der Waals surface area contributed by atoms with Crippen LogP contribution in [0, 0.1) is 13.8 Å². The van der Waals surface area contributed by atoms with Gasteiger partial charge in [0.25, 0.3) is 0 Å². The summed E-state index contributed by atoms with van der Waals surface area (Å²) >= 11 is 0. The largest absolute Gasteiger partial charge is 0.495 e. The Kier molecular flexibility index (Phi) is 6.60. The summed E-state index contributed by atoms with van der Waals surface area (Å²) in [5.74, 6) is 0.249. The summed E-state index contributed by atoms with van der Waals surface area (Å²) in [7, 11) is 3.18. The molecule has 0 atom stereocenters. The van der Waals surface area contributed by atoms with Crippen LogP contribution in [-0.2, 0) is 9.59 Å². The standard InChI is InChI=1S/C20H25N3O3/c1-14-8-7-9-15(2)20(14)22-18(24)13-23(3)19(25)12-21-16-10-5-6-11-17(16)26-4/h5-11,21H,12-13H2,1-4H3,(H,22,24). The van der Waals surface area contributed by atoms with E-state index in [-0.39, 0.29) is 24.9 Å². The van der Waals surface area contributed by atoms with Gasteiger partial charge in [0, 0.05) is 12.7 Å². The van der Waals surface area contributed by atoms with Gasteiger partial charge in [0.1, 0.15) is 5.75 Å². The third-order valence-corrected chi connectivity index (χ3v) is 4.09. The number of carbonyl (C=O) groups excluding carboxylic acids is 2. The van der Waals surface area contributed by atoms with Crippen molar-refractivity contribution in [3.8, 4) is 5.75 Å². The maximum absolute atomic E-state index is 12.3. The van der Waals surface area contributed by atoms with Gasteiger partial charge in [0.05, 0.1) is 25.9 Å². The number of carbonyl (C=O) groups is 2. The number of aryl methyl sites for hydroxylation is 2. The molecule has 0 fully saturated rings. The molecule has 0 spiro atoms. The van der Waals surface area contributed by atoms with Gasteiger partial charge in [-0.25, -0.2) is 0 Å². The lowest BCUT2D eigenvalue weighted by Gasteiger charge is -2.19. The molecule has 2 rings (SSSR count). The number of ether oxygens (including phenoxy) is 1. The van der Waals surface area contributed by atoms with Crippen molar-refractivity contribution < 1.29 is 14.3 Å². The molecule has 2 N–H and O–H groups in total. The monoisotopic (exact) mass is 355 g/mol. The molecule has 0 saturated carbocycles. The molecule has 6 nitrogen and oxygen atoms in total. The molecule has 2 aromatic carbocycles. The second kappa shape index (κ2) is 8.89. The summed E-state index contributed by atoms with van der Waals surface area (Å²) in [5.41, 5.74) is 3.51. The Labute approximate surface area is 154 Å². The van der Waals surface area contributed by atoms with Crippen LogP contribution in [0.2, 0.25) is 0 Å². The Morgan fingerprint density at radius 3 is 2.35 bits per heavy atom. The topological polar surface area (TPSA) is 70.7 Å². The van der Waals surface area contributed by atoms with E-state index in [0.29, 0.717) is 5.75 Å². The fraction of sp³-hybridized carbons (Fsp3) is 0.300. The van der Waals surface area contributed by atoms with E-state index in [4.69, 9.17) is 4.74 Å². The fourth-order valence-electron chi connectivity index (χ4n) is 2.59. The molecule has 6 heteroatoms. The van der Waals surface area contributed by atoms with Gasteiger partial charge < -0.3 is 20.3 Å². The van der Waals surface area contributed by atoms with Crippen molar-refractivity contribution in [2.75, 3.05) is 37.9 Å². The van der Waals surface area contributed by atoms with Crippen LogP contribution in [0.15, 0.2) is 42.5 Å². The number of amides is 2. The minimum absolute atomic E-state index is 0.0137. The zero-order valence-electron chi connectivity index (χ0n) is 15.6. The molecule has 0 aliphatic heterocycles. The van der Waals surface area contributed by atoms with Crippen LogP contribution in [0.25, 0.3) is 0 Å². The van der Waals surface area contributed by atoms with Crippen molar-refractivity contribution in [1.82, 2.24) is 4.90 Å². The molecule has 0 heterocycles. The first kappa shape index (κ1) is 19.3. The summed E-state index contributed by atoms with van der Waals surface area (Å²) in [5, 5.41) is 5.92. The number of hydrogen-bond donors (Lipinski definition) is 2. The van der Waals surface area contributed by atoms with Gasteiger partial charge in [-0.3, -0.25) is 9.59 Å². The first-order valence-corrected chi connectivity index (χ1v) is 8.39. The maximum Gasteiger partial charge on any atom is 0.243 e. The molecule has 0 aliphatic carbocycles. The number of likely N-dealkylation sites (N-methyl/N-ethyl adjacent to an activating group) is 1. The summed E-state index contributed by atoms with van der Waals surface area (Å²) < 4.78 is 5.24. The van der Waals surface area contributed by atoms with Gasteiger partial charge in [-0.15, -0.1) is 0 Å². The highest BCUT2D eigenvalue weighted by molar-refractivity contribution is 5.96. The van der Waals surface area contributed by atoms with Gasteiger partial charge in [-0.1, -0.05) is 30.3 Å². The number of hydrogen-bond acceptors (Lipinski definition) is 4. The van der Waals surface area contributed by atoms with Crippen molar-refractivity contribution in [3.63, 3.8) is 0 Å². The molecule has 2 amide bonds. The van der Waals surface area contributed by atoms with E-state index in [1.807, 2.05) is 56.3 Å². The molecule has 0 unspecified atom stereocenters. The number of nitrogens with one attached hydrogen (secondary N) is 2. The minimum Gasteiger partial charge on any atom is -0.495 e. The first-order chi connectivity index (χ1) is 12.4. The average molecular weight is 355 g/mol. The lowest BCUT2D eigenvalue weighted by molar-refractivity contribution is -0.131. The Morgan fingerprint density at radius 1 is 1.04 bits per heavy atom. The normalized spacial score (nSPS) is 10.2. The molecule has 26 heavy (non-hydrogen) atoms. The summed E-state index contributed by atoms with van der Waals surface area (Å²) in [6, 6.07) is 13.2. The van der Waals surface area contributed by atoms with E-state index in [1.54, 1.807) is 14.2 Å². The number of nitrogens with zero attached hydrogens (tertiary/aromatic N) is 1. The van der Waals surface area contributed by atoms with E-state index < -0.39 is 0 Å². The first-order valence-electron chi connectivity index (χ1n) is 8.39. The number of methoxy groups -OCH3 is 1. The van der Waals surface area contributed by atoms with Gasteiger partial charge in [0.15, 0.2) is 0 Å². The second-order valence-corrected chi connectivity index (χ2v) is 6.12. The van der Waals surface area contributed by atoms with Crippen LogP contribution in [-0.4, -0.2) is 44.0 Å². The second-order valence-electron chi connectivity index (χ2n) is 6.12. The van der Waals surface area contributed by atoms with Gasteiger partial charge in [-0.05, 0) is 37.1 Å². The average Bonchev–Trinajstić information content (AvgIpc) is 2.63. The number of rotatable bonds is 7. The van der Waals surface area contributed by atoms with Gasteiger partial charge in [0.2, 0.25) is 11.8 Å². The van der Waals surface area contributed by atoms with Crippen molar-refractivity contribution in [1.29, 1.82) is 0 Å². The molecular weight excluding hydrogens is 330 g/mol. The number of anilines is 2. The predicted octanol–water partition coefficient (Wildman–Crippen LogP) is 2.82. The molecule has 0 radical (unpaired) electrons. The van der Waals surface area contributed by atoms with Crippen molar-refractivity contribution >= 4 is 23.2 Å². The summed E-state index contributed by atoms with van der Waals surface area (Å²) in [4.78, 5) is 25.9. The summed E-state index contributed by atoms with van der Waals surface area (Å²) in [6.07, 6.45) is 0. The highest BCUT2D eigenvalue weighted by atomic mass is 16.5. The van der Waals surface area contributed by atoms with Crippen LogP contribution < -0.4 is 15.4 Å².